The number of rotatable bonds is 4. The molecule has 0 radical (unpaired) electrons. The fourth-order valence-corrected chi connectivity index (χ4v) is 2.12. The van der Waals surface area contributed by atoms with Gasteiger partial charge in [0.05, 0.1) is 0 Å². The highest BCUT2D eigenvalue weighted by Gasteiger charge is 2.15. The first kappa shape index (κ1) is 14.1. The maximum Gasteiger partial charge on any atom is 0.322 e. The van der Waals surface area contributed by atoms with E-state index in [1.165, 1.54) is 0 Å². The molecule has 1 heterocycles. The van der Waals surface area contributed by atoms with Crippen molar-refractivity contribution >= 4 is 17.7 Å². The number of aliphatic carboxylic acids is 1. The minimum absolute atomic E-state index is 0.0549. The highest BCUT2D eigenvalue weighted by atomic mass is 16.4. The Labute approximate surface area is 117 Å². The lowest BCUT2D eigenvalue weighted by molar-refractivity contribution is -0.136. The normalized spacial score (nSPS) is 14.1. The lowest BCUT2D eigenvalue weighted by Gasteiger charge is -2.24. The molecule has 2 N–H and O–H groups in total. The number of carbonyl (C=O) groups is 2. The summed E-state index contributed by atoms with van der Waals surface area (Å²) in [4.78, 5) is 24.5. The van der Waals surface area contributed by atoms with Crippen LogP contribution < -0.4 is 5.32 Å². The molecule has 5 nitrogen and oxygen atoms in total. The van der Waals surface area contributed by atoms with Crippen molar-refractivity contribution in [2.24, 2.45) is 0 Å². The van der Waals surface area contributed by atoms with Crippen molar-refractivity contribution in [2.45, 2.75) is 19.3 Å². The molecule has 1 aliphatic heterocycles. The Morgan fingerprint density at radius 2 is 2.05 bits per heavy atom. The molecule has 0 atom stereocenters. The van der Waals surface area contributed by atoms with Crippen molar-refractivity contribution in [1.82, 2.24) is 4.90 Å². The Morgan fingerprint density at radius 1 is 1.25 bits per heavy atom. The molecule has 1 aliphatic rings. The molecular formula is C15H18N2O3. The van der Waals surface area contributed by atoms with Gasteiger partial charge >= 0.3 is 12.0 Å². The van der Waals surface area contributed by atoms with Gasteiger partial charge in [-0.05, 0) is 24.5 Å². The van der Waals surface area contributed by atoms with Gasteiger partial charge in [-0.3, -0.25) is 4.79 Å². The highest BCUT2D eigenvalue weighted by Crippen LogP contribution is 2.18. The molecule has 0 aliphatic carbocycles. The van der Waals surface area contributed by atoms with Crippen LogP contribution in [-0.4, -0.2) is 35.1 Å². The van der Waals surface area contributed by atoms with Gasteiger partial charge < -0.3 is 15.3 Å². The fraction of sp³-hybridized carbons (Fsp3) is 0.333. The number of nitrogens with one attached hydrogen (secondary N) is 1. The van der Waals surface area contributed by atoms with E-state index < -0.39 is 5.97 Å². The first-order valence-corrected chi connectivity index (χ1v) is 6.67. The largest absolute Gasteiger partial charge is 0.481 e. The van der Waals surface area contributed by atoms with E-state index in [2.05, 4.69) is 11.4 Å². The van der Waals surface area contributed by atoms with Gasteiger partial charge in [0.2, 0.25) is 0 Å². The number of carbonyl (C=O) groups excluding carboxylic acids is 1. The molecule has 0 saturated carbocycles. The number of aryl methyl sites for hydroxylation is 1. The number of para-hydroxylation sites is 1. The van der Waals surface area contributed by atoms with Crippen molar-refractivity contribution in [2.75, 3.05) is 18.4 Å². The Morgan fingerprint density at radius 3 is 2.75 bits per heavy atom. The number of carboxylic acids is 1. The van der Waals surface area contributed by atoms with Crippen molar-refractivity contribution < 1.29 is 14.7 Å². The summed E-state index contributed by atoms with van der Waals surface area (Å²) >= 11 is 0. The molecule has 0 aromatic heterocycles. The van der Waals surface area contributed by atoms with E-state index in [-0.39, 0.29) is 12.5 Å². The summed E-state index contributed by atoms with van der Waals surface area (Å²) in [6, 6.07) is 7.17. The number of hydrogen-bond donors (Lipinski definition) is 2. The van der Waals surface area contributed by atoms with Crippen LogP contribution in [0.3, 0.4) is 0 Å². The minimum atomic E-state index is -0.840. The van der Waals surface area contributed by atoms with Crippen molar-refractivity contribution in [3.63, 3.8) is 0 Å². The molecule has 1 aromatic rings. The van der Waals surface area contributed by atoms with E-state index in [1.54, 1.807) is 11.0 Å². The zero-order valence-electron chi connectivity index (χ0n) is 11.2. The molecular weight excluding hydrogens is 256 g/mol. The van der Waals surface area contributed by atoms with E-state index in [0.29, 0.717) is 25.2 Å². The summed E-state index contributed by atoms with van der Waals surface area (Å²) in [6.07, 6.45) is 5.36. The van der Waals surface area contributed by atoms with Gasteiger partial charge in [-0.1, -0.05) is 30.4 Å². The Kier molecular flexibility index (Phi) is 4.76. The number of carboxylic acid groups (broad SMARTS) is 1. The average Bonchev–Trinajstić information content (AvgIpc) is 2.47. The van der Waals surface area contributed by atoms with Gasteiger partial charge in [-0.15, -0.1) is 0 Å². The van der Waals surface area contributed by atoms with Crippen molar-refractivity contribution in [3.05, 3.63) is 42.0 Å². The van der Waals surface area contributed by atoms with Crippen molar-refractivity contribution in [3.8, 4) is 0 Å². The van der Waals surface area contributed by atoms with Crippen LogP contribution in [0.2, 0.25) is 0 Å². The molecule has 0 fully saturated rings. The number of hydrogen-bond acceptors (Lipinski definition) is 2. The third kappa shape index (κ3) is 3.85. The first-order chi connectivity index (χ1) is 9.66. The summed E-state index contributed by atoms with van der Waals surface area (Å²) in [6.45, 7) is 1.32. The van der Waals surface area contributed by atoms with Crippen LogP contribution in [0.25, 0.3) is 0 Å². The SMILES string of the molecule is O=C(O)CCc1ccccc1NC(=O)N1CC=CCC1. The van der Waals surface area contributed by atoms with E-state index in [0.717, 1.165) is 12.0 Å². The average molecular weight is 274 g/mol. The fourth-order valence-electron chi connectivity index (χ4n) is 2.12. The predicted molar refractivity (Wildman–Crippen MR) is 76.7 cm³/mol. The van der Waals surface area contributed by atoms with Crippen LogP contribution in [0.4, 0.5) is 10.5 Å². The van der Waals surface area contributed by atoms with Gasteiger partial charge in [0.15, 0.2) is 0 Å². The van der Waals surface area contributed by atoms with Crippen LogP contribution in [0.1, 0.15) is 18.4 Å². The third-order valence-electron chi connectivity index (χ3n) is 3.21. The topological polar surface area (TPSA) is 69.6 Å². The summed E-state index contributed by atoms with van der Waals surface area (Å²) in [5.41, 5.74) is 1.53. The Bertz CT molecular complexity index is 526. The monoisotopic (exact) mass is 274 g/mol. The molecule has 2 amide bonds. The second kappa shape index (κ2) is 6.75. The van der Waals surface area contributed by atoms with Crippen LogP contribution in [0.15, 0.2) is 36.4 Å². The summed E-state index contributed by atoms with van der Waals surface area (Å²) in [5.74, 6) is -0.840. The molecule has 0 bridgehead atoms. The summed E-state index contributed by atoms with van der Waals surface area (Å²) in [7, 11) is 0. The van der Waals surface area contributed by atoms with E-state index in [4.69, 9.17) is 5.11 Å². The molecule has 5 heteroatoms. The molecule has 1 aromatic carbocycles. The second-order valence-electron chi connectivity index (χ2n) is 4.69. The van der Waals surface area contributed by atoms with Crippen LogP contribution >= 0.6 is 0 Å². The zero-order chi connectivity index (χ0) is 14.4. The molecule has 2 rings (SSSR count). The summed E-state index contributed by atoms with van der Waals surface area (Å²) < 4.78 is 0. The van der Waals surface area contributed by atoms with Crippen LogP contribution in [0, 0.1) is 0 Å². The lowest BCUT2D eigenvalue weighted by Crippen LogP contribution is -2.37. The van der Waals surface area contributed by atoms with E-state index >= 15 is 0 Å². The number of urea groups is 1. The number of nitrogens with zero attached hydrogens (tertiary/aromatic N) is 1. The standard InChI is InChI=1S/C15H18N2O3/c18-14(19)9-8-12-6-2-3-7-13(12)16-15(20)17-10-4-1-5-11-17/h1-4,6-7H,5,8-11H2,(H,16,20)(H,18,19). The number of anilines is 1. The molecule has 0 spiro atoms. The summed E-state index contributed by atoms with van der Waals surface area (Å²) in [5, 5.41) is 11.6. The lowest BCUT2D eigenvalue weighted by atomic mass is 10.1. The molecule has 0 saturated heterocycles. The smallest absolute Gasteiger partial charge is 0.322 e. The molecule has 0 unspecified atom stereocenters. The quantitative estimate of drug-likeness (QED) is 0.829. The number of benzene rings is 1. The van der Waals surface area contributed by atoms with E-state index in [9.17, 15) is 9.59 Å². The van der Waals surface area contributed by atoms with Gasteiger partial charge in [0, 0.05) is 25.2 Å². The zero-order valence-corrected chi connectivity index (χ0v) is 11.2. The Hall–Kier alpha value is -2.30. The molecule has 106 valence electrons. The molecule has 20 heavy (non-hydrogen) atoms. The van der Waals surface area contributed by atoms with Crippen LogP contribution in [-0.2, 0) is 11.2 Å². The maximum absolute atomic E-state index is 12.1. The van der Waals surface area contributed by atoms with Gasteiger partial charge in [-0.25, -0.2) is 4.79 Å². The maximum atomic E-state index is 12.1. The second-order valence-corrected chi connectivity index (χ2v) is 4.69. The third-order valence-corrected chi connectivity index (χ3v) is 3.21. The number of amides is 2. The van der Waals surface area contributed by atoms with Crippen molar-refractivity contribution in [1.29, 1.82) is 0 Å². The predicted octanol–water partition coefficient (Wildman–Crippen LogP) is 2.50. The van der Waals surface area contributed by atoms with E-state index in [1.807, 2.05) is 24.3 Å². The van der Waals surface area contributed by atoms with Crippen LogP contribution in [0.5, 0.6) is 0 Å². The first-order valence-electron chi connectivity index (χ1n) is 6.67. The minimum Gasteiger partial charge on any atom is -0.481 e. The Balaban J connectivity index is 2.02. The highest BCUT2D eigenvalue weighted by molar-refractivity contribution is 5.90. The van der Waals surface area contributed by atoms with Gasteiger partial charge in [-0.2, -0.15) is 0 Å². The van der Waals surface area contributed by atoms with Gasteiger partial charge in [0.1, 0.15) is 0 Å². The van der Waals surface area contributed by atoms with Gasteiger partial charge in [0.25, 0.3) is 0 Å².